The molecule has 0 aliphatic carbocycles. The lowest BCUT2D eigenvalue weighted by Crippen LogP contribution is -2.04. The molecule has 0 fully saturated rings. The van der Waals surface area contributed by atoms with Crippen LogP contribution in [0.15, 0.2) is 78.9 Å². The van der Waals surface area contributed by atoms with Crippen molar-refractivity contribution >= 4 is 28.9 Å². The molecule has 0 amide bonds. The summed E-state index contributed by atoms with van der Waals surface area (Å²) in [7, 11) is 0. The van der Waals surface area contributed by atoms with Crippen LogP contribution in [0.3, 0.4) is 0 Å². The summed E-state index contributed by atoms with van der Waals surface area (Å²) in [5, 5.41) is 4.25. The van der Waals surface area contributed by atoms with Crippen molar-refractivity contribution in [1.29, 1.82) is 0 Å². The van der Waals surface area contributed by atoms with E-state index in [9.17, 15) is 0 Å². The third-order valence-electron chi connectivity index (χ3n) is 3.89. The summed E-state index contributed by atoms with van der Waals surface area (Å²) in [4.78, 5) is 0. The fraction of sp³-hybridized carbons (Fsp3) is 0.0909. The van der Waals surface area contributed by atoms with E-state index in [-0.39, 0.29) is 0 Å². The Labute approximate surface area is 148 Å². The SMILES string of the molecule is Cc1ccc(/C(=C\c2ccc(Cl)cc2)CNc2ccccc2)cc1. The molecule has 3 aromatic carbocycles. The predicted molar refractivity (Wildman–Crippen MR) is 105 cm³/mol. The van der Waals surface area contributed by atoms with Crippen LogP contribution < -0.4 is 5.32 Å². The van der Waals surface area contributed by atoms with Crippen molar-refractivity contribution in [3.63, 3.8) is 0 Å². The highest BCUT2D eigenvalue weighted by molar-refractivity contribution is 6.30. The number of hydrogen-bond acceptors (Lipinski definition) is 1. The molecular weight excluding hydrogens is 314 g/mol. The van der Waals surface area contributed by atoms with Gasteiger partial charge in [-0.3, -0.25) is 0 Å². The molecule has 1 N–H and O–H groups in total. The van der Waals surface area contributed by atoms with Gasteiger partial charge >= 0.3 is 0 Å². The van der Waals surface area contributed by atoms with Crippen molar-refractivity contribution in [2.45, 2.75) is 6.92 Å². The summed E-state index contributed by atoms with van der Waals surface area (Å²) >= 11 is 5.99. The maximum atomic E-state index is 5.99. The maximum Gasteiger partial charge on any atom is 0.0406 e. The van der Waals surface area contributed by atoms with Gasteiger partial charge in [-0.1, -0.05) is 71.8 Å². The summed E-state index contributed by atoms with van der Waals surface area (Å²) in [6, 6.07) is 26.8. The molecule has 3 rings (SSSR count). The van der Waals surface area contributed by atoms with Crippen molar-refractivity contribution in [2.24, 2.45) is 0 Å². The molecule has 0 saturated heterocycles. The van der Waals surface area contributed by atoms with Gasteiger partial charge in [0.25, 0.3) is 0 Å². The third kappa shape index (κ3) is 4.50. The van der Waals surface area contributed by atoms with Gasteiger partial charge in [-0.2, -0.15) is 0 Å². The number of hydrogen-bond donors (Lipinski definition) is 1. The standard InChI is InChI=1S/C22H20ClN/c1-17-7-11-19(12-8-17)20(15-18-9-13-21(23)14-10-18)16-24-22-5-3-2-4-6-22/h2-15,24H,16H2,1H3/b20-15-. The molecule has 1 nitrogen and oxygen atoms in total. The summed E-state index contributed by atoms with van der Waals surface area (Å²) in [5.74, 6) is 0. The number of aryl methyl sites for hydroxylation is 1. The number of nitrogens with one attached hydrogen (secondary N) is 1. The molecular formula is C22H20ClN. The van der Waals surface area contributed by atoms with Gasteiger partial charge in [0, 0.05) is 17.3 Å². The largest absolute Gasteiger partial charge is 0.381 e. The second kappa shape index (κ2) is 7.85. The lowest BCUT2D eigenvalue weighted by molar-refractivity contribution is 1.34. The molecule has 0 aromatic heterocycles. The molecule has 0 unspecified atom stereocenters. The van der Waals surface area contributed by atoms with Crippen LogP contribution in [-0.4, -0.2) is 6.54 Å². The van der Waals surface area contributed by atoms with Gasteiger partial charge < -0.3 is 5.32 Å². The van der Waals surface area contributed by atoms with E-state index in [1.165, 1.54) is 16.7 Å². The minimum Gasteiger partial charge on any atom is -0.381 e. The van der Waals surface area contributed by atoms with Crippen LogP contribution >= 0.6 is 11.6 Å². The average molecular weight is 334 g/mol. The zero-order chi connectivity index (χ0) is 16.8. The Kier molecular flexibility index (Phi) is 5.35. The van der Waals surface area contributed by atoms with E-state index in [1.807, 2.05) is 42.5 Å². The van der Waals surface area contributed by atoms with Crippen LogP contribution in [0.1, 0.15) is 16.7 Å². The predicted octanol–water partition coefficient (Wildman–Crippen LogP) is 6.30. The summed E-state index contributed by atoms with van der Waals surface area (Å²) in [5.41, 5.74) is 5.98. The Morgan fingerprint density at radius 1 is 0.875 bits per heavy atom. The Hall–Kier alpha value is -2.51. The normalized spacial score (nSPS) is 11.3. The molecule has 0 radical (unpaired) electrons. The van der Waals surface area contributed by atoms with Gasteiger partial charge in [-0.15, -0.1) is 0 Å². The van der Waals surface area contributed by atoms with Crippen LogP contribution in [0.5, 0.6) is 0 Å². The molecule has 0 spiro atoms. The van der Waals surface area contributed by atoms with Crippen LogP contribution in [0.4, 0.5) is 5.69 Å². The first-order valence-electron chi connectivity index (χ1n) is 8.03. The summed E-state index contributed by atoms with van der Waals surface area (Å²) < 4.78 is 0. The van der Waals surface area contributed by atoms with E-state index in [4.69, 9.17) is 11.6 Å². The van der Waals surface area contributed by atoms with Gasteiger partial charge in [0.05, 0.1) is 0 Å². The van der Waals surface area contributed by atoms with Gasteiger partial charge in [0.15, 0.2) is 0 Å². The molecule has 0 bridgehead atoms. The van der Waals surface area contributed by atoms with Crippen LogP contribution in [0.25, 0.3) is 11.6 Å². The topological polar surface area (TPSA) is 12.0 Å². The van der Waals surface area contributed by atoms with Crippen molar-refractivity contribution in [2.75, 3.05) is 11.9 Å². The number of rotatable bonds is 5. The minimum absolute atomic E-state index is 0.756. The Bertz CT molecular complexity index is 803. The highest BCUT2D eigenvalue weighted by atomic mass is 35.5. The quantitative estimate of drug-likeness (QED) is 0.540. The lowest BCUT2D eigenvalue weighted by Gasteiger charge is -2.12. The Morgan fingerprint density at radius 3 is 2.21 bits per heavy atom. The molecule has 2 heteroatoms. The highest BCUT2D eigenvalue weighted by Crippen LogP contribution is 2.21. The van der Waals surface area contributed by atoms with Crippen LogP contribution in [0.2, 0.25) is 5.02 Å². The second-order valence-corrected chi connectivity index (χ2v) is 6.24. The van der Waals surface area contributed by atoms with E-state index in [0.717, 1.165) is 22.8 Å². The summed E-state index contributed by atoms with van der Waals surface area (Å²) in [6.07, 6.45) is 2.21. The third-order valence-corrected chi connectivity index (χ3v) is 4.14. The fourth-order valence-electron chi connectivity index (χ4n) is 2.52. The zero-order valence-electron chi connectivity index (χ0n) is 13.7. The Morgan fingerprint density at radius 2 is 1.54 bits per heavy atom. The monoisotopic (exact) mass is 333 g/mol. The molecule has 0 heterocycles. The van der Waals surface area contributed by atoms with Crippen LogP contribution in [0, 0.1) is 6.92 Å². The van der Waals surface area contributed by atoms with Gasteiger partial charge in [-0.05, 0) is 54.0 Å². The smallest absolute Gasteiger partial charge is 0.0406 e. The maximum absolute atomic E-state index is 5.99. The van der Waals surface area contributed by atoms with Gasteiger partial charge in [0.2, 0.25) is 0 Å². The van der Waals surface area contributed by atoms with Crippen molar-refractivity contribution in [3.05, 3.63) is 101 Å². The molecule has 0 aliphatic rings. The van der Waals surface area contributed by atoms with Crippen molar-refractivity contribution in [3.8, 4) is 0 Å². The van der Waals surface area contributed by atoms with E-state index in [2.05, 4.69) is 54.7 Å². The molecule has 3 aromatic rings. The first-order valence-corrected chi connectivity index (χ1v) is 8.40. The first-order chi connectivity index (χ1) is 11.7. The first kappa shape index (κ1) is 16.4. The molecule has 0 saturated carbocycles. The van der Waals surface area contributed by atoms with E-state index in [0.29, 0.717) is 0 Å². The molecule has 0 atom stereocenters. The zero-order valence-corrected chi connectivity index (χ0v) is 14.4. The van der Waals surface area contributed by atoms with E-state index in [1.54, 1.807) is 0 Å². The molecule has 0 aliphatic heterocycles. The van der Waals surface area contributed by atoms with Crippen molar-refractivity contribution < 1.29 is 0 Å². The number of anilines is 1. The Balaban J connectivity index is 1.88. The molecule has 24 heavy (non-hydrogen) atoms. The second-order valence-electron chi connectivity index (χ2n) is 5.81. The number of halogens is 1. The number of benzene rings is 3. The van der Waals surface area contributed by atoms with E-state index < -0.39 is 0 Å². The fourth-order valence-corrected chi connectivity index (χ4v) is 2.64. The summed E-state index contributed by atoms with van der Waals surface area (Å²) in [6.45, 7) is 2.87. The van der Waals surface area contributed by atoms with Gasteiger partial charge in [0.1, 0.15) is 0 Å². The highest BCUT2D eigenvalue weighted by Gasteiger charge is 2.03. The average Bonchev–Trinajstić information content (AvgIpc) is 2.62. The van der Waals surface area contributed by atoms with E-state index >= 15 is 0 Å². The lowest BCUT2D eigenvalue weighted by atomic mass is 10.0. The molecule has 120 valence electrons. The van der Waals surface area contributed by atoms with Crippen molar-refractivity contribution in [1.82, 2.24) is 0 Å². The van der Waals surface area contributed by atoms with Crippen LogP contribution in [-0.2, 0) is 0 Å². The minimum atomic E-state index is 0.756. The van der Waals surface area contributed by atoms with Gasteiger partial charge in [-0.25, -0.2) is 0 Å². The number of para-hydroxylation sites is 1.